The van der Waals surface area contributed by atoms with E-state index in [1.807, 2.05) is 43.4 Å². The van der Waals surface area contributed by atoms with Crippen LogP contribution in [0.3, 0.4) is 0 Å². The van der Waals surface area contributed by atoms with Gasteiger partial charge in [0.25, 0.3) is 5.56 Å². The maximum Gasteiger partial charge on any atom is 0.261 e. The SMILES string of the molecule is CN(CCCCCc1cc(-c2ccccc2)n[nH]1)C(=O)CCn1cnc2ccccc2c1=O. The van der Waals surface area contributed by atoms with E-state index in [2.05, 4.69) is 33.4 Å². The molecule has 33 heavy (non-hydrogen) atoms. The molecule has 2 aromatic carbocycles. The monoisotopic (exact) mass is 443 g/mol. The topological polar surface area (TPSA) is 83.9 Å². The van der Waals surface area contributed by atoms with Crippen molar-refractivity contribution in [3.63, 3.8) is 0 Å². The highest BCUT2D eigenvalue weighted by molar-refractivity contribution is 5.77. The Morgan fingerprint density at radius 3 is 2.67 bits per heavy atom. The second kappa shape index (κ2) is 10.7. The molecule has 7 heteroatoms. The number of carbonyl (C=O) groups excluding carboxylic acids is 1. The molecule has 0 aliphatic rings. The molecule has 0 aliphatic heterocycles. The number of rotatable bonds is 10. The quantitative estimate of drug-likeness (QED) is 0.375. The summed E-state index contributed by atoms with van der Waals surface area (Å²) in [5.74, 6) is 0.0381. The van der Waals surface area contributed by atoms with E-state index in [-0.39, 0.29) is 17.9 Å². The number of amides is 1. The third-order valence-corrected chi connectivity index (χ3v) is 5.86. The minimum atomic E-state index is -0.106. The predicted octanol–water partition coefficient (Wildman–Crippen LogP) is 4.05. The number of unbranched alkanes of at least 4 members (excludes halogenated alkanes) is 2. The fourth-order valence-electron chi connectivity index (χ4n) is 3.88. The summed E-state index contributed by atoms with van der Waals surface area (Å²) in [6, 6.07) is 19.5. The zero-order valence-corrected chi connectivity index (χ0v) is 18.9. The van der Waals surface area contributed by atoms with Crippen LogP contribution in [0.15, 0.2) is 71.8 Å². The molecule has 170 valence electrons. The van der Waals surface area contributed by atoms with Gasteiger partial charge in [0.15, 0.2) is 0 Å². The number of aryl methyl sites for hydroxylation is 2. The number of carbonyl (C=O) groups is 1. The molecule has 0 aliphatic carbocycles. The lowest BCUT2D eigenvalue weighted by atomic mass is 10.1. The van der Waals surface area contributed by atoms with E-state index < -0.39 is 0 Å². The van der Waals surface area contributed by atoms with Crippen LogP contribution < -0.4 is 5.56 Å². The van der Waals surface area contributed by atoms with Gasteiger partial charge in [0.1, 0.15) is 0 Å². The first-order chi connectivity index (χ1) is 16.1. The number of hydrogen-bond donors (Lipinski definition) is 1. The maximum absolute atomic E-state index is 12.5. The van der Waals surface area contributed by atoms with Crippen molar-refractivity contribution in [2.45, 2.75) is 38.6 Å². The zero-order valence-electron chi connectivity index (χ0n) is 18.9. The van der Waals surface area contributed by atoms with Gasteiger partial charge in [0, 0.05) is 37.8 Å². The lowest BCUT2D eigenvalue weighted by Gasteiger charge is -2.17. The molecule has 0 unspecified atom stereocenters. The van der Waals surface area contributed by atoms with Gasteiger partial charge >= 0.3 is 0 Å². The number of aromatic nitrogens is 4. The van der Waals surface area contributed by atoms with E-state index in [1.165, 1.54) is 10.9 Å². The molecule has 0 saturated heterocycles. The lowest BCUT2D eigenvalue weighted by Crippen LogP contribution is -2.30. The summed E-state index contributed by atoms with van der Waals surface area (Å²) in [6.45, 7) is 1.05. The zero-order chi connectivity index (χ0) is 23.0. The Labute approximate surface area is 193 Å². The second-order valence-electron chi connectivity index (χ2n) is 8.28. The molecule has 2 aromatic heterocycles. The van der Waals surface area contributed by atoms with Gasteiger partial charge in [0.2, 0.25) is 5.91 Å². The Morgan fingerprint density at radius 2 is 1.82 bits per heavy atom. The van der Waals surface area contributed by atoms with Crippen LogP contribution in [0.2, 0.25) is 0 Å². The Hall–Kier alpha value is -3.74. The largest absolute Gasteiger partial charge is 0.346 e. The van der Waals surface area contributed by atoms with Crippen molar-refractivity contribution in [3.05, 3.63) is 83.0 Å². The second-order valence-corrected chi connectivity index (χ2v) is 8.28. The standard InChI is InChI=1S/C26H29N5O2/c1-30(25(32)15-17-31-19-27-23-14-8-7-13-22(23)26(31)33)16-9-3-6-12-21-18-24(29-28-21)20-10-4-2-5-11-20/h2,4-5,7-8,10-11,13-14,18-19H,3,6,9,12,15-17H2,1H3,(H,28,29). The van der Waals surface area contributed by atoms with Crippen molar-refractivity contribution in [2.75, 3.05) is 13.6 Å². The Balaban J connectivity index is 1.17. The molecule has 7 nitrogen and oxygen atoms in total. The highest BCUT2D eigenvalue weighted by Gasteiger charge is 2.10. The van der Waals surface area contributed by atoms with Crippen LogP contribution in [0.1, 0.15) is 31.4 Å². The Bertz CT molecular complexity index is 1260. The number of nitrogens with one attached hydrogen (secondary N) is 1. The van der Waals surface area contributed by atoms with Crippen molar-refractivity contribution < 1.29 is 4.79 Å². The van der Waals surface area contributed by atoms with Gasteiger partial charge < -0.3 is 4.90 Å². The molecule has 0 spiro atoms. The van der Waals surface area contributed by atoms with E-state index in [0.29, 0.717) is 24.0 Å². The van der Waals surface area contributed by atoms with Crippen LogP contribution in [0.4, 0.5) is 0 Å². The van der Waals surface area contributed by atoms with E-state index in [1.54, 1.807) is 11.0 Å². The fourth-order valence-corrected chi connectivity index (χ4v) is 3.88. The summed E-state index contributed by atoms with van der Waals surface area (Å²) in [4.78, 5) is 31.1. The van der Waals surface area contributed by atoms with Crippen molar-refractivity contribution in [1.29, 1.82) is 0 Å². The molecule has 4 aromatic rings. The highest BCUT2D eigenvalue weighted by Crippen LogP contribution is 2.18. The molecule has 1 N–H and O–H groups in total. The summed E-state index contributed by atoms with van der Waals surface area (Å²) in [7, 11) is 1.82. The van der Waals surface area contributed by atoms with Crippen molar-refractivity contribution >= 4 is 16.8 Å². The normalized spacial score (nSPS) is 11.1. The van der Waals surface area contributed by atoms with Gasteiger partial charge in [0.05, 0.1) is 22.9 Å². The van der Waals surface area contributed by atoms with Gasteiger partial charge in [-0.15, -0.1) is 0 Å². The molecule has 1 amide bonds. The number of aromatic amines is 1. The Morgan fingerprint density at radius 1 is 1.03 bits per heavy atom. The molecule has 0 fully saturated rings. The lowest BCUT2D eigenvalue weighted by molar-refractivity contribution is -0.130. The number of fused-ring (bicyclic) bond motifs is 1. The average molecular weight is 444 g/mol. The van der Waals surface area contributed by atoms with Crippen molar-refractivity contribution in [2.24, 2.45) is 0 Å². The van der Waals surface area contributed by atoms with Crippen LogP contribution in [0.5, 0.6) is 0 Å². The highest BCUT2D eigenvalue weighted by atomic mass is 16.2. The van der Waals surface area contributed by atoms with Crippen LogP contribution in [-0.2, 0) is 17.8 Å². The summed E-state index contributed by atoms with van der Waals surface area (Å²) in [5, 5.41) is 8.10. The van der Waals surface area contributed by atoms with E-state index in [0.717, 1.165) is 42.6 Å². The first-order valence-electron chi connectivity index (χ1n) is 11.4. The molecule has 2 heterocycles. The van der Waals surface area contributed by atoms with E-state index in [4.69, 9.17) is 0 Å². The van der Waals surface area contributed by atoms with Crippen molar-refractivity contribution in [1.82, 2.24) is 24.6 Å². The van der Waals surface area contributed by atoms with Gasteiger partial charge in [-0.2, -0.15) is 5.10 Å². The molecule has 0 bridgehead atoms. The summed E-state index contributed by atoms with van der Waals surface area (Å²) in [6.07, 6.45) is 5.76. The van der Waals surface area contributed by atoms with Gasteiger partial charge in [-0.05, 0) is 37.5 Å². The Kier molecular flexibility index (Phi) is 7.29. The molecule has 0 radical (unpaired) electrons. The summed E-state index contributed by atoms with van der Waals surface area (Å²) < 4.78 is 1.52. The predicted molar refractivity (Wildman–Crippen MR) is 130 cm³/mol. The average Bonchev–Trinajstić information content (AvgIpc) is 3.33. The number of nitrogens with zero attached hydrogens (tertiary/aromatic N) is 4. The maximum atomic E-state index is 12.5. The van der Waals surface area contributed by atoms with Gasteiger partial charge in [-0.25, -0.2) is 4.98 Å². The number of H-pyrrole nitrogens is 1. The molecule has 4 rings (SSSR count). The first-order valence-corrected chi connectivity index (χ1v) is 11.4. The third-order valence-electron chi connectivity index (χ3n) is 5.86. The van der Waals surface area contributed by atoms with E-state index in [9.17, 15) is 9.59 Å². The smallest absolute Gasteiger partial charge is 0.261 e. The molecular formula is C26H29N5O2. The molecule has 0 saturated carbocycles. The van der Waals surface area contributed by atoms with Crippen LogP contribution in [-0.4, -0.2) is 44.1 Å². The minimum Gasteiger partial charge on any atom is -0.346 e. The number of para-hydroxylation sites is 1. The summed E-state index contributed by atoms with van der Waals surface area (Å²) in [5.41, 5.74) is 3.78. The molecular weight excluding hydrogens is 414 g/mol. The summed E-state index contributed by atoms with van der Waals surface area (Å²) >= 11 is 0. The number of benzene rings is 2. The first kappa shape index (κ1) is 22.5. The fraction of sp³-hybridized carbons (Fsp3) is 0.308. The van der Waals surface area contributed by atoms with Crippen LogP contribution in [0, 0.1) is 0 Å². The van der Waals surface area contributed by atoms with E-state index >= 15 is 0 Å². The molecule has 0 atom stereocenters. The number of hydrogen-bond acceptors (Lipinski definition) is 4. The van der Waals surface area contributed by atoms with Crippen molar-refractivity contribution in [3.8, 4) is 11.3 Å². The third kappa shape index (κ3) is 5.74. The van der Waals surface area contributed by atoms with Gasteiger partial charge in [-0.1, -0.05) is 48.9 Å². The van der Waals surface area contributed by atoms with Crippen LogP contribution >= 0.6 is 0 Å². The minimum absolute atomic E-state index is 0.0381. The van der Waals surface area contributed by atoms with Crippen LogP contribution in [0.25, 0.3) is 22.2 Å². The van der Waals surface area contributed by atoms with Gasteiger partial charge in [-0.3, -0.25) is 19.3 Å².